The number of nitrogens with zero attached hydrogens (tertiary/aromatic N) is 2. The van der Waals surface area contributed by atoms with E-state index in [9.17, 15) is 8.42 Å². The van der Waals surface area contributed by atoms with Crippen molar-refractivity contribution in [1.82, 2.24) is 4.57 Å². The van der Waals surface area contributed by atoms with Gasteiger partial charge in [-0.05, 0) is 84.5 Å². The molecule has 0 aliphatic heterocycles. The average Bonchev–Trinajstić information content (AvgIpc) is 3.23. The van der Waals surface area contributed by atoms with Crippen molar-refractivity contribution in [2.75, 3.05) is 5.75 Å². The smallest absolute Gasteiger partial charge is 0.265 e. The molecule has 166 valence electrons. The summed E-state index contributed by atoms with van der Waals surface area (Å²) in [6.45, 7) is 4.75. The Morgan fingerprint density at radius 3 is 2.53 bits per heavy atom. The molecule has 0 aliphatic carbocycles. The molecular formula is C24H24IN2O3S2+. The molecule has 0 amide bonds. The van der Waals surface area contributed by atoms with Crippen LogP contribution in [-0.4, -0.2) is 23.3 Å². The van der Waals surface area contributed by atoms with Crippen molar-refractivity contribution >= 4 is 66.4 Å². The lowest BCUT2D eigenvalue weighted by molar-refractivity contribution is -0.668. The number of para-hydroxylation sites is 1. The maximum absolute atomic E-state index is 11.2. The normalized spacial score (nSPS) is 12.2. The largest absolute Gasteiger partial charge is 0.318 e. The van der Waals surface area contributed by atoms with E-state index in [1.54, 1.807) is 11.3 Å². The summed E-state index contributed by atoms with van der Waals surface area (Å²) < 4.78 is 38.1. The van der Waals surface area contributed by atoms with E-state index in [1.807, 2.05) is 18.2 Å². The molecule has 32 heavy (non-hydrogen) atoms. The molecule has 0 bridgehead atoms. The lowest BCUT2D eigenvalue weighted by Gasteiger charge is -2.09. The van der Waals surface area contributed by atoms with Crippen molar-refractivity contribution < 1.29 is 17.5 Å². The number of thiazole rings is 1. The van der Waals surface area contributed by atoms with Crippen molar-refractivity contribution in [1.29, 1.82) is 0 Å². The molecule has 0 atom stereocenters. The zero-order valence-electron chi connectivity index (χ0n) is 17.8. The van der Waals surface area contributed by atoms with E-state index in [-0.39, 0.29) is 5.75 Å². The number of hydrogen-bond acceptors (Lipinski definition) is 3. The van der Waals surface area contributed by atoms with Crippen LogP contribution in [0.5, 0.6) is 0 Å². The molecule has 1 N–H and O–H groups in total. The van der Waals surface area contributed by atoms with Crippen LogP contribution in [0.25, 0.3) is 28.1 Å². The third-order valence-electron chi connectivity index (χ3n) is 5.38. The maximum atomic E-state index is 11.2. The predicted octanol–water partition coefficient (Wildman–Crippen LogP) is 5.65. The highest BCUT2D eigenvalue weighted by Crippen LogP contribution is 2.25. The Hall–Kier alpha value is -2.01. The van der Waals surface area contributed by atoms with Gasteiger partial charge in [0.1, 0.15) is 4.70 Å². The van der Waals surface area contributed by atoms with Crippen molar-refractivity contribution in [3.05, 3.63) is 80.1 Å². The minimum atomic E-state index is -3.97. The molecule has 0 spiro atoms. The molecule has 2 aromatic heterocycles. The van der Waals surface area contributed by atoms with E-state index in [4.69, 9.17) is 4.55 Å². The Morgan fingerprint density at radius 1 is 1.09 bits per heavy atom. The summed E-state index contributed by atoms with van der Waals surface area (Å²) in [6.07, 6.45) is 4.57. The highest BCUT2D eigenvalue weighted by Gasteiger charge is 2.19. The topological polar surface area (TPSA) is 63.2 Å². The van der Waals surface area contributed by atoms with E-state index < -0.39 is 10.1 Å². The van der Waals surface area contributed by atoms with Gasteiger partial charge in [-0.1, -0.05) is 23.5 Å². The lowest BCUT2D eigenvalue weighted by Crippen LogP contribution is -2.35. The fourth-order valence-electron chi connectivity index (χ4n) is 3.92. The van der Waals surface area contributed by atoms with Gasteiger partial charge >= 0.3 is 0 Å². The first-order chi connectivity index (χ1) is 15.2. The monoisotopic (exact) mass is 579 g/mol. The summed E-state index contributed by atoms with van der Waals surface area (Å²) in [6, 6.07) is 18.8. The van der Waals surface area contributed by atoms with Crippen LogP contribution in [0.4, 0.5) is 0 Å². The van der Waals surface area contributed by atoms with E-state index >= 15 is 0 Å². The van der Waals surface area contributed by atoms with Crippen LogP contribution in [0.15, 0.2) is 54.6 Å². The Morgan fingerprint density at radius 2 is 1.81 bits per heavy atom. The molecular weight excluding hydrogens is 555 g/mol. The Balaban J connectivity index is 1.68. The van der Waals surface area contributed by atoms with Crippen molar-refractivity contribution in [3.63, 3.8) is 0 Å². The Labute approximate surface area is 205 Å². The Kier molecular flexibility index (Phi) is 6.85. The SMILES string of the molecule is Cc1cc(/C=C/c2sc3ccccc3[n+]2CCCS(=O)(=O)O)c(C)n1-c1ccc(I)cc1. The molecule has 2 heterocycles. The van der Waals surface area contributed by atoms with Crippen LogP contribution >= 0.6 is 33.9 Å². The van der Waals surface area contributed by atoms with Gasteiger partial charge in [0.15, 0.2) is 6.54 Å². The van der Waals surface area contributed by atoms with Gasteiger partial charge in [-0.15, -0.1) is 0 Å². The Bertz CT molecular complexity index is 1400. The summed E-state index contributed by atoms with van der Waals surface area (Å²) in [5, 5.41) is 1.04. The number of aromatic nitrogens is 2. The van der Waals surface area contributed by atoms with E-state index in [0.717, 1.165) is 26.5 Å². The van der Waals surface area contributed by atoms with Crippen LogP contribution in [0.1, 0.15) is 28.4 Å². The molecule has 0 saturated carbocycles. The van der Waals surface area contributed by atoms with E-state index in [1.165, 1.54) is 15.0 Å². The highest BCUT2D eigenvalue weighted by molar-refractivity contribution is 14.1. The fraction of sp³-hybridized carbons (Fsp3) is 0.208. The summed E-state index contributed by atoms with van der Waals surface area (Å²) in [5.41, 5.74) is 5.68. The molecule has 5 nitrogen and oxygen atoms in total. The molecule has 2 aromatic carbocycles. The van der Waals surface area contributed by atoms with Crippen LogP contribution in [0.3, 0.4) is 0 Å². The number of halogens is 1. The second-order valence-electron chi connectivity index (χ2n) is 7.67. The van der Waals surface area contributed by atoms with Crippen LogP contribution in [0, 0.1) is 17.4 Å². The minimum Gasteiger partial charge on any atom is -0.318 e. The first-order valence-corrected chi connectivity index (χ1v) is 13.7. The van der Waals surface area contributed by atoms with Crippen molar-refractivity contribution in [2.45, 2.75) is 26.8 Å². The number of fused-ring (bicyclic) bond motifs is 1. The number of rotatable bonds is 7. The third kappa shape index (κ3) is 5.14. The lowest BCUT2D eigenvalue weighted by atomic mass is 10.2. The maximum Gasteiger partial charge on any atom is 0.265 e. The number of aryl methyl sites for hydroxylation is 2. The van der Waals surface area contributed by atoms with Gasteiger partial charge in [-0.3, -0.25) is 4.55 Å². The van der Waals surface area contributed by atoms with Crippen molar-refractivity contribution in [3.8, 4) is 5.69 Å². The first-order valence-electron chi connectivity index (χ1n) is 10.2. The molecule has 0 radical (unpaired) electrons. The standard InChI is InChI=1S/C24H23IN2O3S2/c1-17-16-19(18(2)27(17)21-11-9-20(25)10-12-21)8-13-24-26(14-5-15-32(28,29)30)22-6-3-4-7-23(22)31-24/h3-4,6-13,16H,5,14-15H2,1-2H3/p+1. The van der Waals surface area contributed by atoms with E-state index in [2.05, 4.69) is 94.1 Å². The summed E-state index contributed by atoms with van der Waals surface area (Å²) in [7, 11) is -3.97. The summed E-state index contributed by atoms with van der Waals surface area (Å²) in [5.74, 6) is -0.246. The molecule has 8 heteroatoms. The second-order valence-corrected chi connectivity index (χ2v) is 11.6. The van der Waals surface area contributed by atoms with Crippen LogP contribution in [-0.2, 0) is 16.7 Å². The minimum absolute atomic E-state index is 0.246. The molecule has 4 aromatic rings. The number of hydrogen-bond donors (Lipinski definition) is 1. The third-order valence-corrected chi connectivity index (χ3v) is 8.04. The molecule has 4 rings (SSSR count). The van der Waals surface area contributed by atoms with E-state index in [0.29, 0.717) is 13.0 Å². The fourth-order valence-corrected chi connectivity index (χ4v) is 5.86. The van der Waals surface area contributed by atoms with Gasteiger partial charge < -0.3 is 4.57 Å². The molecule has 0 unspecified atom stereocenters. The highest BCUT2D eigenvalue weighted by atomic mass is 127. The van der Waals surface area contributed by atoms with Gasteiger partial charge in [0.05, 0.1) is 5.75 Å². The quantitative estimate of drug-likeness (QED) is 0.175. The molecule has 0 saturated heterocycles. The first kappa shape index (κ1) is 23.2. The number of benzene rings is 2. The average molecular weight is 580 g/mol. The van der Waals surface area contributed by atoms with Crippen molar-refractivity contribution in [2.24, 2.45) is 0 Å². The summed E-state index contributed by atoms with van der Waals surface area (Å²) in [4.78, 5) is 0. The predicted molar refractivity (Wildman–Crippen MR) is 140 cm³/mol. The van der Waals surface area contributed by atoms with Gasteiger partial charge in [0.2, 0.25) is 5.52 Å². The molecule has 0 aliphatic rings. The molecule has 0 fully saturated rings. The van der Waals surface area contributed by atoms with Gasteiger partial charge in [0, 0.05) is 39.2 Å². The van der Waals surface area contributed by atoms with Gasteiger partial charge in [-0.2, -0.15) is 13.0 Å². The van der Waals surface area contributed by atoms with Crippen LogP contribution in [0.2, 0.25) is 0 Å². The van der Waals surface area contributed by atoms with Crippen LogP contribution < -0.4 is 4.57 Å². The van der Waals surface area contributed by atoms with Gasteiger partial charge in [0.25, 0.3) is 15.1 Å². The second kappa shape index (κ2) is 9.46. The van der Waals surface area contributed by atoms with Gasteiger partial charge in [-0.25, -0.2) is 0 Å². The zero-order valence-corrected chi connectivity index (χ0v) is 21.6. The zero-order chi connectivity index (χ0) is 22.9. The summed E-state index contributed by atoms with van der Waals surface area (Å²) >= 11 is 3.98.